The number of carbonyl (C=O) groups is 3. The van der Waals surface area contributed by atoms with Crippen molar-refractivity contribution < 1.29 is 19.1 Å². The first-order valence-electron chi connectivity index (χ1n) is 11.7. The Morgan fingerprint density at radius 1 is 0.800 bits per heavy atom. The third-order valence-electron chi connectivity index (χ3n) is 5.48. The Bertz CT molecular complexity index is 1100. The van der Waals surface area contributed by atoms with Crippen molar-refractivity contribution in [1.29, 1.82) is 0 Å². The molecule has 0 aromatic heterocycles. The Morgan fingerprint density at radius 2 is 1.40 bits per heavy atom. The molecule has 3 aromatic rings. The monoisotopic (exact) mass is 473 g/mol. The first kappa shape index (κ1) is 25.5. The molecule has 182 valence electrons. The minimum atomic E-state index is -0.814. The Kier molecular flexibility index (Phi) is 9.42. The summed E-state index contributed by atoms with van der Waals surface area (Å²) in [5, 5.41) is 8.48. The zero-order valence-corrected chi connectivity index (χ0v) is 20.0. The predicted octanol–water partition coefficient (Wildman–Crippen LogP) is 4.75. The Balaban J connectivity index is 1.63. The summed E-state index contributed by atoms with van der Waals surface area (Å²) in [5.74, 6) is -0.380. The van der Waals surface area contributed by atoms with E-state index in [4.69, 9.17) is 4.74 Å². The maximum absolute atomic E-state index is 13.2. The molecular weight excluding hydrogens is 442 g/mol. The number of benzene rings is 3. The molecule has 0 aliphatic heterocycles. The fourth-order valence-electron chi connectivity index (χ4n) is 3.47. The topological polar surface area (TPSA) is 96.5 Å². The number of rotatable bonds is 10. The first-order valence-corrected chi connectivity index (χ1v) is 11.7. The summed E-state index contributed by atoms with van der Waals surface area (Å²) in [6.07, 6.45) is 0.0631. The Hall–Kier alpha value is -4.13. The van der Waals surface area contributed by atoms with Crippen molar-refractivity contribution in [2.75, 3.05) is 5.32 Å². The second-order valence-electron chi connectivity index (χ2n) is 8.20. The van der Waals surface area contributed by atoms with E-state index in [0.717, 1.165) is 16.7 Å². The predicted molar refractivity (Wildman–Crippen MR) is 136 cm³/mol. The molecule has 3 N–H and O–H groups in total. The van der Waals surface area contributed by atoms with Crippen molar-refractivity contribution in [2.24, 2.45) is 0 Å². The zero-order chi connectivity index (χ0) is 25.0. The number of carbonyl (C=O) groups excluding carboxylic acids is 3. The molecule has 3 amide bonds. The molecule has 0 aliphatic rings. The summed E-state index contributed by atoms with van der Waals surface area (Å²) >= 11 is 0. The van der Waals surface area contributed by atoms with Crippen LogP contribution in [0.5, 0.6) is 0 Å². The van der Waals surface area contributed by atoms with Gasteiger partial charge in [-0.2, -0.15) is 0 Å². The second-order valence-corrected chi connectivity index (χ2v) is 8.20. The van der Waals surface area contributed by atoms with Crippen molar-refractivity contribution in [3.63, 3.8) is 0 Å². The molecule has 35 heavy (non-hydrogen) atoms. The Labute approximate surface area is 205 Å². The van der Waals surface area contributed by atoms with E-state index in [1.807, 2.05) is 79.7 Å². The molecule has 0 saturated heterocycles. The summed E-state index contributed by atoms with van der Waals surface area (Å²) in [6, 6.07) is 25.0. The van der Waals surface area contributed by atoms with Gasteiger partial charge >= 0.3 is 6.09 Å². The highest BCUT2D eigenvalue weighted by molar-refractivity contribution is 5.90. The maximum Gasteiger partial charge on any atom is 0.408 e. The molecule has 2 unspecified atom stereocenters. The molecule has 7 nitrogen and oxygen atoms in total. The van der Waals surface area contributed by atoms with Crippen LogP contribution in [0.1, 0.15) is 43.0 Å². The molecule has 2 atom stereocenters. The number of ether oxygens (including phenoxy) is 1. The average molecular weight is 474 g/mol. The van der Waals surface area contributed by atoms with Crippen LogP contribution in [0, 0.1) is 0 Å². The number of hydrogen-bond acceptors (Lipinski definition) is 4. The van der Waals surface area contributed by atoms with Gasteiger partial charge in [0.05, 0.1) is 6.04 Å². The summed E-state index contributed by atoms with van der Waals surface area (Å²) < 4.78 is 5.33. The standard InChI is InChI=1S/C28H31N3O4/c1-3-26(32)30-24-16-14-23(15-17-24)20(2)29-27(33)25(18-21-10-6-4-7-11-21)31-28(34)35-19-22-12-8-5-9-13-22/h4-17,20,25H,3,18-19H2,1-2H3,(H,29,33)(H,30,32)(H,31,34). The molecule has 0 saturated carbocycles. The minimum Gasteiger partial charge on any atom is -0.445 e. The van der Waals surface area contributed by atoms with Gasteiger partial charge in [-0.05, 0) is 35.7 Å². The lowest BCUT2D eigenvalue weighted by Gasteiger charge is -2.22. The summed E-state index contributed by atoms with van der Waals surface area (Å²) in [6.45, 7) is 3.77. The van der Waals surface area contributed by atoms with E-state index in [-0.39, 0.29) is 24.5 Å². The van der Waals surface area contributed by atoms with Gasteiger partial charge in [0.2, 0.25) is 11.8 Å². The quantitative estimate of drug-likeness (QED) is 0.396. The number of hydrogen-bond donors (Lipinski definition) is 3. The van der Waals surface area contributed by atoms with Gasteiger partial charge in [0, 0.05) is 18.5 Å². The molecule has 0 fully saturated rings. The van der Waals surface area contributed by atoms with Crippen LogP contribution in [0.4, 0.5) is 10.5 Å². The van der Waals surface area contributed by atoms with Crippen molar-refractivity contribution in [1.82, 2.24) is 10.6 Å². The normalized spacial score (nSPS) is 12.2. The van der Waals surface area contributed by atoms with Crippen LogP contribution in [0.15, 0.2) is 84.9 Å². The third-order valence-corrected chi connectivity index (χ3v) is 5.48. The summed E-state index contributed by atoms with van der Waals surface area (Å²) in [5.41, 5.74) is 3.35. The highest BCUT2D eigenvalue weighted by atomic mass is 16.5. The van der Waals surface area contributed by atoms with Gasteiger partial charge < -0.3 is 20.7 Å². The second kappa shape index (κ2) is 12.9. The zero-order valence-electron chi connectivity index (χ0n) is 20.0. The van der Waals surface area contributed by atoms with Crippen LogP contribution < -0.4 is 16.0 Å². The molecule has 0 radical (unpaired) electrons. The molecule has 0 spiro atoms. The van der Waals surface area contributed by atoms with E-state index in [2.05, 4.69) is 16.0 Å². The van der Waals surface area contributed by atoms with Crippen LogP contribution in [0.3, 0.4) is 0 Å². The van der Waals surface area contributed by atoms with Crippen LogP contribution in [-0.2, 0) is 27.4 Å². The lowest BCUT2D eigenvalue weighted by Crippen LogP contribution is -2.48. The van der Waals surface area contributed by atoms with E-state index in [1.165, 1.54) is 0 Å². The minimum absolute atomic E-state index is 0.0620. The van der Waals surface area contributed by atoms with Gasteiger partial charge in [-0.1, -0.05) is 79.7 Å². The van der Waals surface area contributed by atoms with Gasteiger partial charge in [-0.15, -0.1) is 0 Å². The highest BCUT2D eigenvalue weighted by Gasteiger charge is 2.24. The largest absolute Gasteiger partial charge is 0.445 e. The first-order chi connectivity index (χ1) is 16.9. The molecule has 3 rings (SSSR count). The molecule has 0 aliphatic carbocycles. The molecule has 7 heteroatoms. The summed E-state index contributed by atoms with van der Waals surface area (Å²) in [4.78, 5) is 37.2. The number of alkyl carbamates (subject to hydrolysis) is 1. The number of amides is 3. The average Bonchev–Trinajstić information content (AvgIpc) is 2.88. The van der Waals surface area contributed by atoms with Crippen LogP contribution >= 0.6 is 0 Å². The third kappa shape index (κ3) is 8.30. The fourth-order valence-corrected chi connectivity index (χ4v) is 3.47. The SMILES string of the molecule is CCC(=O)Nc1ccc(C(C)NC(=O)C(Cc2ccccc2)NC(=O)OCc2ccccc2)cc1. The van der Waals surface area contributed by atoms with Gasteiger partial charge in [0.15, 0.2) is 0 Å². The molecule has 0 bridgehead atoms. The van der Waals surface area contributed by atoms with Crippen molar-refractivity contribution in [2.45, 2.75) is 45.4 Å². The molecule has 0 heterocycles. The highest BCUT2D eigenvalue weighted by Crippen LogP contribution is 2.17. The van der Waals surface area contributed by atoms with E-state index in [1.54, 1.807) is 19.1 Å². The summed E-state index contributed by atoms with van der Waals surface area (Å²) in [7, 11) is 0. The fraction of sp³-hybridized carbons (Fsp3) is 0.250. The lowest BCUT2D eigenvalue weighted by molar-refractivity contribution is -0.123. The Morgan fingerprint density at radius 3 is 2.00 bits per heavy atom. The van der Waals surface area contributed by atoms with Gasteiger partial charge in [-0.25, -0.2) is 4.79 Å². The van der Waals surface area contributed by atoms with Gasteiger partial charge in [0.1, 0.15) is 12.6 Å². The number of anilines is 1. The van der Waals surface area contributed by atoms with Crippen LogP contribution in [0.2, 0.25) is 0 Å². The smallest absolute Gasteiger partial charge is 0.408 e. The maximum atomic E-state index is 13.2. The van der Waals surface area contributed by atoms with E-state index in [0.29, 0.717) is 18.5 Å². The van der Waals surface area contributed by atoms with E-state index in [9.17, 15) is 14.4 Å². The van der Waals surface area contributed by atoms with Crippen LogP contribution in [0.25, 0.3) is 0 Å². The molecular formula is C28H31N3O4. The lowest BCUT2D eigenvalue weighted by atomic mass is 10.0. The van der Waals surface area contributed by atoms with Gasteiger partial charge in [0.25, 0.3) is 0 Å². The van der Waals surface area contributed by atoms with E-state index < -0.39 is 12.1 Å². The molecule has 3 aromatic carbocycles. The van der Waals surface area contributed by atoms with Crippen LogP contribution in [-0.4, -0.2) is 23.9 Å². The van der Waals surface area contributed by atoms with E-state index >= 15 is 0 Å². The number of nitrogens with one attached hydrogen (secondary N) is 3. The van der Waals surface area contributed by atoms with Gasteiger partial charge in [-0.3, -0.25) is 9.59 Å². The van der Waals surface area contributed by atoms with Crippen molar-refractivity contribution >= 4 is 23.6 Å². The van der Waals surface area contributed by atoms with Crippen molar-refractivity contribution in [3.05, 3.63) is 102 Å². The van der Waals surface area contributed by atoms with Crippen molar-refractivity contribution in [3.8, 4) is 0 Å².